The molecule has 0 radical (unpaired) electrons. The van der Waals surface area contributed by atoms with Crippen molar-refractivity contribution in [3.63, 3.8) is 0 Å². The van der Waals surface area contributed by atoms with E-state index in [9.17, 15) is 31.1 Å². The molecule has 10 heteroatoms. The zero-order chi connectivity index (χ0) is 21.3. The Balaban J connectivity index is 2.41. The van der Waals surface area contributed by atoms with Crippen molar-refractivity contribution in [1.82, 2.24) is 0 Å². The summed E-state index contributed by atoms with van der Waals surface area (Å²) in [6.07, 6.45) is -10.0. The van der Waals surface area contributed by atoms with E-state index < -0.39 is 47.4 Å². The van der Waals surface area contributed by atoms with Crippen LogP contribution in [0, 0.1) is 6.92 Å². The van der Waals surface area contributed by atoms with Crippen LogP contribution < -0.4 is 4.74 Å². The minimum atomic E-state index is -5.06. The van der Waals surface area contributed by atoms with Crippen LogP contribution in [-0.2, 0) is 23.7 Å². The number of benzene rings is 2. The van der Waals surface area contributed by atoms with Gasteiger partial charge in [-0.3, -0.25) is 0 Å². The molecule has 3 nitrogen and oxygen atoms in total. The molecule has 0 amide bonds. The van der Waals surface area contributed by atoms with E-state index in [1.807, 2.05) is 0 Å². The van der Waals surface area contributed by atoms with Gasteiger partial charge in [-0.25, -0.2) is 4.79 Å². The molecule has 0 saturated carbocycles. The Bertz CT molecular complexity index is 890. The summed E-state index contributed by atoms with van der Waals surface area (Å²) in [5, 5.41) is 0.112. The smallest absolute Gasteiger partial charge is 0.420 e. The third-order valence-electron chi connectivity index (χ3n) is 3.79. The molecule has 0 N–H and O–H groups in total. The molecule has 0 heterocycles. The van der Waals surface area contributed by atoms with Gasteiger partial charge in [-0.15, -0.1) is 0 Å². The molecular weight excluding hydrogens is 414 g/mol. The number of esters is 1. The van der Waals surface area contributed by atoms with Gasteiger partial charge in [-0.2, -0.15) is 26.3 Å². The van der Waals surface area contributed by atoms with Crippen LogP contribution in [0.15, 0.2) is 30.3 Å². The maximum atomic E-state index is 13.4. The minimum Gasteiger partial charge on any atom is -0.488 e. The van der Waals surface area contributed by atoms with Crippen molar-refractivity contribution in [3.05, 3.63) is 63.2 Å². The van der Waals surface area contributed by atoms with Gasteiger partial charge in [-0.05, 0) is 48.4 Å². The predicted octanol–water partition coefficient (Wildman–Crippen LogP) is 6.05. The fourth-order valence-electron chi connectivity index (χ4n) is 2.60. The zero-order valence-electron chi connectivity index (χ0n) is 14.5. The summed E-state index contributed by atoms with van der Waals surface area (Å²) in [6, 6.07) is 5.07. The lowest BCUT2D eigenvalue weighted by molar-refractivity contribution is -0.144. The van der Waals surface area contributed by atoms with Crippen LogP contribution in [0.3, 0.4) is 0 Å². The Morgan fingerprint density at radius 3 is 2.21 bits per heavy atom. The van der Waals surface area contributed by atoms with E-state index in [-0.39, 0.29) is 16.1 Å². The molecule has 0 aliphatic heterocycles. The highest BCUT2D eigenvalue weighted by Gasteiger charge is 2.41. The molecule has 0 saturated heterocycles. The van der Waals surface area contributed by atoms with E-state index in [4.69, 9.17) is 16.3 Å². The van der Waals surface area contributed by atoms with Gasteiger partial charge >= 0.3 is 18.3 Å². The van der Waals surface area contributed by atoms with E-state index in [0.717, 1.165) is 14.0 Å². The molecule has 0 fully saturated rings. The average molecular weight is 427 g/mol. The van der Waals surface area contributed by atoms with Crippen molar-refractivity contribution >= 4 is 17.6 Å². The highest BCUT2D eigenvalue weighted by molar-refractivity contribution is 6.31. The fraction of sp³-hybridized carbons (Fsp3) is 0.278. The van der Waals surface area contributed by atoms with Crippen LogP contribution in [-0.4, -0.2) is 13.1 Å². The third-order valence-corrected chi connectivity index (χ3v) is 4.01. The largest absolute Gasteiger partial charge is 0.488 e. The lowest BCUT2D eigenvalue weighted by Gasteiger charge is -2.20. The predicted molar refractivity (Wildman–Crippen MR) is 88.3 cm³/mol. The Morgan fingerprint density at radius 2 is 1.68 bits per heavy atom. The average Bonchev–Trinajstić information content (AvgIpc) is 2.56. The maximum Gasteiger partial charge on any atom is 0.420 e. The first-order valence-electron chi connectivity index (χ1n) is 7.63. The molecule has 152 valence electrons. The molecule has 0 unspecified atom stereocenters. The minimum absolute atomic E-state index is 0.0493. The van der Waals surface area contributed by atoms with Crippen LogP contribution in [0.1, 0.15) is 32.6 Å². The number of rotatable bonds is 4. The van der Waals surface area contributed by atoms with Crippen molar-refractivity contribution < 1.29 is 40.6 Å². The van der Waals surface area contributed by atoms with Crippen molar-refractivity contribution in [2.24, 2.45) is 0 Å². The van der Waals surface area contributed by atoms with Gasteiger partial charge in [0.25, 0.3) is 0 Å². The molecule has 0 aliphatic rings. The molecule has 0 atom stereocenters. The lowest BCUT2D eigenvalue weighted by atomic mass is 10.0. The van der Waals surface area contributed by atoms with Gasteiger partial charge in [0.2, 0.25) is 0 Å². The number of carbonyl (C=O) groups is 1. The Labute approximate surface area is 160 Å². The number of hydrogen-bond acceptors (Lipinski definition) is 3. The van der Waals surface area contributed by atoms with E-state index in [0.29, 0.717) is 12.1 Å². The molecular formula is C18H13ClF6O3. The monoisotopic (exact) mass is 426 g/mol. The normalized spacial score (nSPS) is 12.0. The van der Waals surface area contributed by atoms with Crippen LogP contribution >= 0.6 is 11.6 Å². The first-order valence-corrected chi connectivity index (χ1v) is 8.01. The zero-order valence-corrected chi connectivity index (χ0v) is 15.2. The van der Waals surface area contributed by atoms with Gasteiger partial charge in [0.1, 0.15) is 17.9 Å². The molecule has 2 rings (SSSR count). The van der Waals surface area contributed by atoms with E-state index >= 15 is 0 Å². The standard InChI is InChI=1S/C18H13ClF6O3/c1-9-13(17(20,21)22)3-4-14(15(9)18(23,24)25)28-8-10-5-11(16(26)27-2)7-12(19)6-10/h3-7H,8H2,1-2H3. The van der Waals surface area contributed by atoms with Crippen molar-refractivity contribution in [2.45, 2.75) is 25.9 Å². The van der Waals surface area contributed by atoms with Crippen LogP contribution in [0.4, 0.5) is 26.3 Å². The summed E-state index contributed by atoms with van der Waals surface area (Å²) in [5.74, 6) is -1.48. The van der Waals surface area contributed by atoms with Crippen molar-refractivity contribution in [2.75, 3.05) is 7.11 Å². The van der Waals surface area contributed by atoms with Gasteiger partial charge in [0.05, 0.1) is 18.2 Å². The van der Waals surface area contributed by atoms with Gasteiger partial charge < -0.3 is 9.47 Å². The van der Waals surface area contributed by atoms with E-state index in [1.165, 1.54) is 18.2 Å². The number of methoxy groups -OCH3 is 1. The summed E-state index contributed by atoms with van der Waals surface area (Å²) in [4.78, 5) is 11.6. The molecule has 0 spiro atoms. The summed E-state index contributed by atoms with van der Waals surface area (Å²) in [5.41, 5.74) is -3.62. The number of carbonyl (C=O) groups excluding carboxylic acids is 1. The molecule has 0 bridgehead atoms. The number of alkyl halides is 6. The molecule has 0 aromatic heterocycles. The summed E-state index contributed by atoms with van der Waals surface area (Å²) >= 11 is 5.86. The van der Waals surface area contributed by atoms with Gasteiger partial charge in [-0.1, -0.05) is 11.6 Å². The molecule has 0 aliphatic carbocycles. The molecule has 2 aromatic carbocycles. The third kappa shape index (κ3) is 4.89. The first-order chi connectivity index (χ1) is 12.8. The Kier molecular flexibility index (Phi) is 6.18. The lowest BCUT2D eigenvalue weighted by Crippen LogP contribution is -2.16. The Morgan fingerprint density at radius 1 is 1.04 bits per heavy atom. The molecule has 28 heavy (non-hydrogen) atoms. The summed E-state index contributed by atoms with van der Waals surface area (Å²) in [6.45, 7) is 0.270. The number of halogens is 7. The highest BCUT2D eigenvalue weighted by Crippen LogP contribution is 2.43. The Hall–Kier alpha value is -2.42. The van der Waals surface area contributed by atoms with E-state index in [1.54, 1.807) is 0 Å². The molecule has 2 aromatic rings. The quantitative estimate of drug-likeness (QED) is 0.441. The fourth-order valence-corrected chi connectivity index (χ4v) is 2.85. The van der Waals surface area contributed by atoms with Gasteiger partial charge in [0.15, 0.2) is 0 Å². The van der Waals surface area contributed by atoms with Gasteiger partial charge in [0, 0.05) is 5.02 Å². The number of ether oxygens (including phenoxy) is 2. The summed E-state index contributed by atoms with van der Waals surface area (Å²) in [7, 11) is 1.14. The number of hydrogen-bond donors (Lipinski definition) is 0. The maximum absolute atomic E-state index is 13.4. The topological polar surface area (TPSA) is 35.5 Å². The second kappa shape index (κ2) is 7.90. The second-order valence-electron chi connectivity index (χ2n) is 5.74. The van der Waals surface area contributed by atoms with Crippen molar-refractivity contribution in [3.8, 4) is 5.75 Å². The first kappa shape index (κ1) is 21.9. The summed E-state index contributed by atoms with van der Waals surface area (Å²) < 4.78 is 88.5. The van der Waals surface area contributed by atoms with Crippen LogP contribution in [0.25, 0.3) is 0 Å². The second-order valence-corrected chi connectivity index (χ2v) is 6.17. The van der Waals surface area contributed by atoms with Crippen molar-refractivity contribution in [1.29, 1.82) is 0 Å². The van der Waals surface area contributed by atoms with E-state index in [2.05, 4.69) is 4.74 Å². The van der Waals surface area contributed by atoms with Crippen LogP contribution in [0.5, 0.6) is 5.75 Å². The SMILES string of the molecule is COC(=O)c1cc(Cl)cc(COc2ccc(C(F)(F)F)c(C)c2C(F)(F)F)c1. The highest BCUT2D eigenvalue weighted by atomic mass is 35.5. The van der Waals surface area contributed by atoms with Crippen LogP contribution in [0.2, 0.25) is 5.02 Å².